The summed E-state index contributed by atoms with van der Waals surface area (Å²) in [5.74, 6) is -1.33. The van der Waals surface area contributed by atoms with E-state index in [1.807, 2.05) is 30.3 Å². The summed E-state index contributed by atoms with van der Waals surface area (Å²) in [6.45, 7) is 3.25. The Balaban J connectivity index is 1.59. The Morgan fingerprint density at radius 1 is 1.06 bits per heavy atom. The number of hydrogen-bond acceptors (Lipinski definition) is 6. The van der Waals surface area contributed by atoms with E-state index in [1.165, 1.54) is 6.07 Å². The number of aromatic nitrogens is 5. The van der Waals surface area contributed by atoms with Crippen molar-refractivity contribution in [1.82, 2.24) is 25.2 Å². The van der Waals surface area contributed by atoms with Gasteiger partial charge in [0.05, 0.1) is 11.1 Å². The van der Waals surface area contributed by atoms with E-state index < -0.39 is 23.1 Å². The second-order valence-corrected chi connectivity index (χ2v) is 8.51. The van der Waals surface area contributed by atoms with Crippen molar-refractivity contribution in [2.75, 3.05) is 0 Å². The van der Waals surface area contributed by atoms with Crippen LogP contribution >= 0.6 is 0 Å². The highest BCUT2D eigenvalue weighted by atomic mass is 19.1. The molecule has 1 unspecified atom stereocenters. The van der Waals surface area contributed by atoms with Crippen LogP contribution in [0.2, 0.25) is 0 Å². The van der Waals surface area contributed by atoms with E-state index in [2.05, 4.69) is 20.5 Å². The number of carbonyl (C=O) groups is 1. The maximum absolute atomic E-state index is 14.6. The number of benzene rings is 2. The van der Waals surface area contributed by atoms with Gasteiger partial charge in [-0.25, -0.2) is 14.1 Å². The highest BCUT2D eigenvalue weighted by Gasteiger charge is 2.44. The minimum absolute atomic E-state index is 0.0131. The van der Waals surface area contributed by atoms with Crippen molar-refractivity contribution in [2.24, 2.45) is 12.5 Å². The van der Waals surface area contributed by atoms with Crippen molar-refractivity contribution >= 4 is 5.97 Å². The van der Waals surface area contributed by atoms with Crippen LogP contribution in [0.4, 0.5) is 4.39 Å². The molecule has 0 fully saturated rings. The van der Waals surface area contributed by atoms with E-state index in [4.69, 9.17) is 4.74 Å². The van der Waals surface area contributed by atoms with Gasteiger partial charge >= 0.3 is 5.97 Å². The molecule has 5 rings (SSSR count). The van der Waals surface area contributed by atoms with Gasteiger partial charge in [0.25, 0.3) is 0 Å². The summed E-state index contributed by atoms with van der Waals surface area (Å²) < 4.78 is 22.1. The van der Waals surface area contributed by atoms with Crippen molar-refractivity contribution in [3.63, 3.8) is 0 Å². The second-order valence-electron chi connectivity index (χ2n) is 8.51. The fourth-order valence-electron chi connectivity index (χ4n) is 4.20. The minimum Gasteiger partial charge on any atom is -0.481 e. The standard InChI is InChI=1S/C24H20FN5O3/c1-24(2,23(31)32)19-15-5-4-6-17(25)20(15)33-22-16(19)11-12-18(26-22)13-7-9-14(10-8-13)21-27-28-29-30(21)3/h4-12,19H,1-3H3,(H,31,32). The number of hydrogen-bond donors (Lipinski definition) is 1. The predicted octanol–water partition coefficient (Wildman–Crippen LogP) is 4.43. The van der Waals surface area contributed by atoms with Gasteiger partial charge in [-0.05, 0) is 36.4 Å². The van der Waals surface area contributed by atoms with Crippen LogP contribution < -0.4 is 4.74 Å². The molecule has 2 aromatic heterocycles. The normalized spacial score (nSPS) is 14.8. The first-order chi connectivity index (χ1) is 15.8. The largest absolute Gasteiger partial charge is 0.481 e. The fraction of sp³-hybridized carbons (Fsp3) is 0.208. The van der Waals surface area contributed by atoms with Gasteiger partial charge in [0.1, 0.15) is 0 Å². The van der Waals surface area contributed by atoms with Gasteiger partial charge in [-0.2, -0.15) is 0 Å². The SMILES string of the molecule is Cn1nnnc1-c1ccc(-c2ccc3c(n2)Oc2c(F)cccc2C3C(C)(C)C(=O)O)cc1. The molecule has 0 saturated carbocycles. The number of carboxylic acids is 1. The maximum Gasteiger partial charge on any atom is 0.310 e. The van der Waals surface area contributed by atoms with E-state index in [0.29, 0.717) is 22.6 Å². The summed E-state index contributed by atoms with van der Waals surface area (Å²) in [5.41, 5.74) is 2.16. The van der Waals surface area contributed by atoms with Gasteiger partial charge in [0.15, 0.2) is 17.4 Å². The highest BCUT2D eigenvalue weighted by molar-refractivity contribution is 5.77. The molecule has 0 aliphatic carbocycles. The molecule has 3 heterocycles. The average Bonchev–Trinajstić information content (AvgIpc) is 3.23. The number of pyridine rings is 1. The van der Waals surface area contributed by atoms with E-state index in [9.17, 15) is 14.3 Å². The first-order valence-electron chi connectivity index (χ1n) is 10.3. The molecule has 1 N–H and O–H groups in total. The van der Waals surface area contributed by atoms with Crippen molar-refractivity contribution in [2.45, 2.75) is 19.8 Å². The topological polar surface area (TPSA) is 103 Å². The van der Waals surface area contributed by atoms with Crippen LogP contribution in [0.25, 0.3) is 22.6 Å². The maximum atomic E-state index is 14.6. The molecule has 8 nitrogen and oxygen atoms in total. The monoisotopic (exact) mass is 445 g/mol. The number of ether oxygens (including phenoxy) is 1. The Morgan fingerprint density at radius 2 is 1.79 bits per heavy atom. The van der Waals surface area contributed by atoms with Crippen molar-refractivity contribution in [1.29, 1.82) is 0 Å². The molecule has 0 bridgehead atoms. The van der Waals surface area contributed by atoms with Gasteiger partial charge in [-0.15, -0.1) is 5.10 Å². The van der Waals surface area contributed by atoms with Crippen LogP contribution in [-0.2, 0) is 11.8 Å². The lowest BCUT2D eigenvalue weighted by molar-refractivity contribution is -0.147. The number of aryl methyl sites for hydroxylation is 1. The van der Waals surface area contributed by atoms with Gasteiger partial charge < -0.3 is 9.84 Å². The van der Waals surface area contributed by atoms with Crippen LogP contribution in [0.3, 0.4) is 0 Å². The lowest BCUT2D eigenvalue weighted by atomic mass is 9.70. The second kappa shape index (κ2) is 7.47. The quantitative estimate of drug-likeness (QED) is 0.496. The predicted molar refractivity (Wildman–Crippen MR) is 117 cm³/mol. The summed E-state index contributed by atoms with van der Waals surface area (Å²) in [6.07, 6.45) is 0. The van der Waals surface area contributed by atoms with Crippen LogP contribution in [0.1, 0.15) is 30.9 Å². The van der Waals surface area contributed by atoms with E-state index in [0.717, 1.165) is 11.1 Å². The third-order valence-electron chi connectivity index (χ3n) is 6.04. The fourth-order valence-corrected chi connectivity index (χ4v) is 4.20. The van der Waals surface area contributed by atoms with Gasteiger partial charge in [0, 0.05) is 35.2 Å². The van der Waals surface area contributed by atoms with Gasteiger partial charge in [-0.3, -0.25) is 4.79 Å². The lowest BCUT2D eigenvalue weighted by Crippen LogP contribution is -2.34. The molecule has 1 aliphatic rings. The molecule has 0 radical (unpaired) electrons. The zero-order valence-electron chi connectivity index (χ0n) is 18.2. The zero-order chi connectivity index (χ0) is 23.3. The summed E-state index contributed by atoms with van der Waals surface area (Å²) in [7, 11) is 1.76. The Labute approximate surface area is 188 Å². The number of halogens is 1. The Hall–Kier alpha value is -4.14. The molecular formula is C24H20FN5O3. The van der Waals surface area contributed by atoms with Crippen LogP contribution in [0.15, 0.2) is 54.6 Å². The lowest BCUT2D eigenvalue weighted by Gasteiger charge is -2.36. The highest BCUT2D eigenvalue weighted by Crippen LogP contribution is 2.52. The summed E-state index contributed by atoms with van der Waals surface area (Å²) in [5, 5.41) is 21.4. The third-order valence-corrected chi connectivity index (χ3v) is 6.04. The first-order valence-corrected chi connectivity index (χ1v) is 10.3. The molecule has 0 amide bonds. The number of rotatable bonds is 4. The van der Waals surface area contributed by atoms with Crippen molar-refractivity contribution in [3.05, 3.63) is 71.5 Å². The third kappa shape index (κ3) is 3.32. The first kappa shape index (κ1) is 20.7. The molecule has 33 heavy (non-hydrogen) atoms. The molecule has 0 saturated heterocycles. The summed E-state index contributed by atoms with van der Waals surface area (Å²) in [6, 6.07) is 15.7. The number of fused-ring (bicyclic) bond motifs is 2. The average molecular weight is 445 g/mol. The molecular weight excluding hydrogens is 425 g/mol. The van der Waals surface area contributed by atoms with Crippen molar-refractivity contribution < 1.29 is 19.0 Å². The molecule has 9 heteroatoms. The number of carboxylic acid groups (broad SMARTS) is 1. The Bertz CT molecular complexity index is 1380. The minimum atomic E-state index is -1.21. The number of tetrazole rings is 1. The number of para-hydroxylation sites is 1. The number of nitrogens with zero attached hydrogens (tertiary/aromatic N) is 5. The molecule has 2 aromatic carbocycles. The van der Waals surface area contributed by atoms with E-state index in [-0.39, 0.29) is 11.6 Å². The van der Waals surface area contributed by atoms with Crippen LogP contribution in [0, 0.1) is 11.2 Å². The molecule has 1 atom stereocenters. The van der Waals surface area contributed by atoms with Gasteiger partial charge in [-0.1, -0.05) is 42.5 Å². The molecule has 1 aliphatic heterocycles. The molecule has 166 valence electrons. The number of aliphatic carboxylic acids is 1. The van der Waals surface area contributed by atoms with Crippen LogP contribution in [0.5, 0.6) is 11.6 Å². The molecule has 0 spiro atoms. The smallest absolute Gasteiger partial charge is 0.310 e. The van der Waals surface area contributed by atoms with Gasteiger partial charge in [0.2, 0.25) is 5.88 Å². The van der Waals surface area contributed by atoms with Crippen molar-refractivity contribution in [3.8, 4) is 34.3 Å². The zero-order valence-corrected chi connectivity index (χ0v) is 18.2. The summed E-state index contributed by atoms with van der Waals surface area (Å²) >= 11 is 0. The Kier molecular flexibility index (Phi) is 4.70. The van der Waals surface area contributed by atoms with E-state index in [1.54, 1.807) is 43.8 Å². The Morgan fingerprint density at radius 3 is 2.45 bits per heavy atom. The van der Waals surface area contributed by atoms with Crippen LogP contribution in [-0.4, -0.2) is 36.3 Å². The molecule has 4 aromatic rings. The van der Waals surface area contributed by atoms with E-state index >= 15 is 0 Å². The summed E-state index contributed by atoms with van der Waals surface area (Å²) in [4.78, 5) is 16.7.